The van der Waals surface area contributed by atoms with E-state index in [0.717, 1.165) is 11.3 Å². The molecule has 0 saturated carbocycles. The smallest absolute Gasteiger partial charge is 0.277 e. The normalized spacial score (nSPS) is 12.0. The Labute approximate surface area is 154 Å². The number of aromatic nitrogens is 2. The van der Waals surface area contributed by atoms with Crippen molar-refractivity contribution in [3.63, 3.8) is 0 Å². The summed E-state index contributed by atoms with van der Waals surface area (Å²) in [6.45, 7) is 1.80. The Morgan fingerprint density at radius 1 is 1.12 bits per heavy atom. The Hall–Kier alpha value is -2.31. The van der Waals surface area contributed by atoms with Crippen LogP contribution >= 0.6 is 23.4 Å². The SMILES string of the molecule is COc1ccc(-c2nnc(S[C@H](C)C(=O)c3ccc(Cl)cc3)o2)cc1. The van der Waals surface area contributed by atoms with Gasteiger partial charge in [-0.1, -0.05) is 23.4 Å². The largest absolute Gasteiger partial charge is 0.497 e. The summed E-state index contributed by atoms with van der Waals surface area (Å²) in [4.78, 5) is 12.4. The summed E-state index contributed by atoms with van der Waals surface area (Å²) in [6.07, 6.45) is 0. The summed E-state index contributed by atoms with van der Waals surface area (Å²) >= 11 is 7.07. The first-order valence-corrected chi connectivity index (χ1v) is 8.77. The fourth-order valence-corrected chi connectivity index (χ4v) is 3.05. The summed E-state index contributed by atoms with van der Waals surface area (Å²) in [5, 5.41) is 8.63. The van der Waals surface area contributed by atoms with E-state index in [9.17, 15) is 4.79 Å². The number of hydrogen-bond donors (Lipinski definition) is 0. The zero-order valence-corrected chi connectivity index (χ0v) is 15.2. The number of ether oxygens (including phenoxy) is 1. The zero-order chi connectivity index (χ0) is 17.8. The molecule has 0 saturated heterocycles. The fraction of sp³-hybridized carbons (Fsp3) is 0.167. The first kappa shape index (κ1) is 17.5. The number of benzene rings is 2. The quantitative estimate of drug-likeness (QED) is 0.457. The Bertz CT molecular complexity index is 863. The van der Waals surface area contributed by atoms with Gasteiger partial charge in [-0.15, -0.1) is 10.2 Å². The summed E-state index contributed by atoms with van der Waals surface area (Å²) in [7, 11) is 1.61. The lowest BCUT2D eigenvalue weighted by atomic mass is 10.1. The van der Waals surface area contributed by atoms with Gasteiger partial charge in [-0.2, -0.15) is 0 Å². The summed E-state index contributed by atoms with van der Waals surface area (Å²) in [5.41, 5.74) is 1.39. The Morgan fingerprint density at radius 3 is 2.44 bits per heavy atom. The second-order valence-corrected chi connectivity index (χ2v) is 6.96. The first-order valence-electron chi connectivity index (χ1n) is 7.51. The Morgan fingerprint density at radius 2 is 1.80 bits per heavy atom. The van der Waals surface area contributed by atoms with Gasteiger partial charge in [-0.25, -0.2) is 0 Å². The van der Waals surface area contributed by atoms with Crippen molar-refractivity contribution in [2.45, 2.75) is 17.4 Å². The Balaban J connectivity index is 1.69. The maximum Gasteiger partial charge on any atom is 0.277 e. The van der Waals surface area contributed by atoms with E-state index in [1.807, 2.05) is 24.3 Å². The minimum atomic E-state index is -0.356. The molecule has 7 heteroatoms. The van der Waals surface area contributed by atoms with Gasteiger partial charge in [0.1, 0.15) is 5.75 Å². The van der Waals surface area contributed by atoms with Crippen LogP contribution < -0.4 is 4.74 Å². The molecule has 0 aliphatic rings. The molecule has 25 heavy (non-hydrogen) atoms. The summed E-state index contributed by atoms with van der Waals surface area (Å²) < 4.78 is 10.8. The van der Waals surface area contributed by atoms with Crippen LogP contribution in [0, 0.1) is 0 Å². The molecule has 2 aromatic carbocycles. The zero-order valence-electron chi connectivity index (χ0n) is 13.6. The van der Waals surface area contributed by atoms with Crippen LogP contribution in [0.25, 0.3) is 11.5 Å². The van der Waals surface area contributed by atoms with Crippen molar-refractivity contribution >= 4 is 29.1 Å². The lowest BCUT2D eigenvalue weighted by molar-refractivity contribution is 0.0993. The van der Waals surface area contributed by atoms with E-state index >= 15 is 0 Å². The molecule has 0 bridgehead atoms. The Kier molecular flexibility index (Phi) is 5.40. The van der Waals surface area contributed by atoms with Crippen molar-refractivity contribution in [1.82, 2.24) is 10.2 Å². The second-order valence-electron chi connectivity index (χ2n) is 5.23. The average molecular weight is 375 g/mol. The molecule has 0 aliphatic heterocycles. The third kappa shape index (κ3) is 4.21. The van der Waals surface area contributed by atoms with E-state index in [4.69, 9.17) is 20.8 Å². The summed E-state index contributed by atoms with van der Waals surface area (Å²) in [5.74, 6) is 1.13. The van der Waals surface area contributed by atoms with E-state index in [1.54, 1.807) is 38.3 Å². The maximum absolute atomic E-state index is 12.4. The number of nitrogens with zero attached hydrogens (tertiary/aromatic N) is 2. The molecule has 0 radical (unpaired) electrons. The monoisotopic (exact) mass is 374 g/mol. The molecular formula is C18H15ClN2O3S. The minimum absolute atomic E-state index is 0.0223. The highest BCUT2D eigenvalue weighted by atomic mass is 35.5. The van der Waals surface area contributed by atoms with Crippen LogP contribution in [0.2, 0.25) is 5.02 Å². The molecule has 3 rings (SSSR count). The molecule has 1 atom stereocenters. The average Bonchev–Trinajstić information content (AvgIpc) is 3.10. The number of halogens is 1. The molecule has 1 aromatic heterocycles. The van der Waals surface area contributed by atoms with Crippen LogP contribution in [0.15, 0.2) is 58.2 Å². The van der Waals surface area contributed by atoms with Crippen LogP contribution in [-0.2, 0) is 0 Å². The van der Waals surface area contributed by atoms with E-state index < -0.39 is 0 Å². The molecule has 0 spiro atoms. The van der Waals surface area contributed by atoms with Crippen molar-refractivity contribution in [3.8, 4) is 17.2 Å². The predicted molar refractivity (Wildman–Crippen MR) is 97.4 cm³/mol. The molecule has 0 fully saturated rings. The number of hydrogen-bond acceptors (Lipinski definition) is 6. The highest BCUT2D eigenvalue weighted by Crippen LogP contribution is 2.28. The molecule has 5 nitrogen and oxygen atoms in total. The van der Waals surface area contributed by atoms with Crippen LogP contribution in [0.4, 0.5) is 0 Å². The van der Waals surface area contributed by atoms with Crippen molar-refractivity contribution in [2.75, 3.05) is 7.11 Å². The molecule has 3 aromatic rings. The predicted octanol–water partition coefficient (Wildman–Crippen LogP) is 4.76. The van der Waals surface area contributed by atoms with Gasteiger partial charge < -0.3 is 9.15 Å². The van der Waals surface area contributed by atoms with Gasteiger partial charge in [0.15, 0.2) is 5.78 Å². The van der Waals surface area contributed by atoms with Crippen molar-refractivity contribution in [1.29, 1.82) is 0 Å². The number of carbonyl (C=O) groups excluding carboxylic acids is 1. The number of rotatable bonds is 6. The van der Waals surface area contributed by atoms with Crippen molar-refractivity contribution in [2.24, 2.45) is 0 Å². The molecule has 0 N–H and O–H groups in total. The van der Waals surface area contributed by atoms with Gasteiger partial charge in [0.25, 0.3) is 5.22 Å². The van der Waals surface area contributed by atoms with Crippen LogP contribution in [0.3, 0.4) is 0 Å². The number of ketones is 1. The molecule has 0 amide bonds. The van der Waals surface area contributed by atoms with Crippen LogP contribution in [-0.4, -0.2) is 28.3 Å². The highest BCUT2D eigenvalue weighted by Gasteiger charge is 2.20. The third-order valence-corrected chi connectivity index (χ3v) is 4.71. The molecular weight excluding hydrogens is 360 g/mol. The van der Waals surface area contributed by atoms with E-state index in [0.29, 0.717) is 21.7 Å². The number of thioether (sulfide) groups is 1. The van der Waals surface area contributed by atoms with Crippen LogP contribution in [0.5, 0.6) is 5.75 Å². The lowest BCUT2D eigenvalue weighted by Gasteiger charge is -2.07. The highest BCUT2D eigenvalue weighted by molar-refractivity contribution is 8.00. The van der Waals surface area contributed by atoms with Gasteiger partial charge in [-0.3, -0.25) is 4.79 Å². The summed E-state index contributed by atoms with van der Waals surface area (Å²) in [6, 6.07) is 14.1. The molecule has 128 valence electrons. The molecule has 0 unspecified atom stereocenters. The standard InChI is InChI=1S/C18H15ClN2O3S/c1-11(16(22)12-3-7-14(19)8-4-12)25-18-21-20-17(24-18)13-5-9-15(23-2)10-6-13/h3-11H,1-2H3/t11-/m1/s1. The number of methoxy groups -OCH3 is 1. The van der Waals surface area contributed by atoms with Gasteiger partial charge in [0, 0.05) is 16.1 Å². The fourth-order valence-electron chi connectivity index (χ4n) is 2.16. The van der Waals surface area contributed by atoms with Crippen LogP contribution in [0.1, 0.15) is 17.3 Å². The van der Waals surface area contributed by atoms with E-state index in [2.05, 4.69) is 10.2 Å². The van der Waals surface area contributed by atoms with Crippen molar-refractivity contribution < 1.29 is 13.9 Å². The molecule has 0 aliphatic carbocycles. The number of carbonyl (C=O) groups is 1. The van der Waals surface area contributed by atoms with Gasteiger partial charge in [-0.05, 0) is 55.5 Å². The van der Waals surface area contributed by atoms with Crippen molar-refractivity contribution in [3.05, 3.63) is 59.1 Å². The van der Waals surface area contributed by atoms with E-state index in [-0.39, 0.29) is 11.0 Å². The first-order chi connectivity index (χ1) is 12.1. The maximum atomic E-state index is 12.4. The van der Waals surface area contributed by atoms with E-state index in [1.165, 1.54) is 11.8 Å². The third-order valence-electron chi connectivity index (χ3n) is 3.52. The second kappa shape index (κ2) is 7.72. The molecule has 1 heterocycles. The van der Waals surface area contributed by atoms with Gasteiger partial charge >= 0.3 is 0 Å². The lowest BCUT2D eigenvalue weighted by Crippen LogP contribution is -2.13. The minimum Gasteiger partial charge on any atom is -0.497 e. The topological polar surface area (TPSA) is 65.2 Å². The van der Waals surface area contributed by atoms with Gasteiger partial charge in [0.2, 0.25) is 5.89 Å². The van der Waals surface area contributed by atoms with Gasteiger partial charge in [0.05, 0.1) is 12.4 Å². The number of Topliss-reactive ketones (excluding diaryl/α,β-unsaturated/α-hetero) is 1.